The Kier molecular flexibility index (Phi) is 4.44. The van der Waals surface area contributed by atoms with Crippen LogP contribution in [0.5, 0.6) is 0 Å². The molecule has 0 atom stereocenters. The van der Waals surface area contributed by atoms with Crippen LogP contribution in [-0.4, -0.2) is 28.4 Å². The van der Waals surface area contributed by atoms with Crippen LogP contribution in [0.1, 0.15) is 34.8 Å². The van der Waals surface area contributed by atoms with Crippen LogP contribution < -0.4 is 5.32 Å². The Balaban J connectivity index is 1.74. The van der Waals surface area contributed by atoms with Gasteiger partial charge in [0.1, 0.15) is 0 Å². The lowest BCUT2D eigenvalue weighted by atomic mass is 10.1. The number of fused-ring (bicyclic) bond motifs is 1. The molecule has 1 aliphatic heterocycles. The molecule has 4 nitrogen and oxygen atoms in total. The minimum absolute atomic E-state index is 0.102. The van der Waals surface area contributed by atoms with Crippen molar-refractivity contribution in [1.82, 2.24) is 9.88 Å². The number of aromatic nitrogens is 1. The van der Waals surface area contributed by atoms with Crippen molar-refractivity contribution in [2.75, 3.05) is 11.9 Å². The van der Waals surface area contributed by atoms with E-state index in [1.165, 1.54) is 16.2 Å². The highest BCUT2D eigenvalue weighted by atomic mass is 79.9. The van der Waals surface area contributed by atoms with E-state index in [9.17, 15) is 4.79 Å². The minimum atomic E-state index is -0.102. The molecule has 0 fully saturated rings. The summed E-state index contributed by atoms with van der Waals surface area (Å²) in [5.41, 5.74) is 1.80. The third kappa shape index (κ3) is 3.21. The highest BCUT2D eigenvalue weighted by Crippen LogP contribution is 2.30. The van der Waals surface area contributed by atoms with Crippen molar-refractivity contribution in [2.24, 2.45) is 0 Å². The summed E-state index contributed by atoms with van der Waals surface area (Å²) in [6, 6.07) is 0.542. The quantitative estimate of drug-likeness (QED) is 0.868. The van der Waals surface area contributed by atoms with Gasteiger partial charge >= 0.3 is 0 Å². The monoisotopic (exact) mass is 385 g/mol. The minimum Gasteiger partial charge on any atom is -0.298 e. The molecule has 0 bridgehead atoms. The van der Waals surface area contributed by atoms with Crippen molar-refractivity contribution in [3.05, 3.63) is 31.4 Å². The number of thiazole rings is 1. The molecule has 2 aromatic heterocycles. The SMILES string of the molecule is CC(C)N1CCc2nc(NC(=O)c3cscc3Br)sc2C1. The van der Waals surface area contributed by atoms with Gasteiger partial charge in [0, 0.05) is 45.7 Å². The van der Waals surface area contributed by atoms with Crippen molar-refractivity contribution in [1.29, 1.82) is 0 Å². The van der Waals surface area contributed by atoms with Crippen LogP contribution in [0.3, 0.4) is 0 Å². The third-order valence-electron chi connectivity index (χ3n) is 3.57. The maximum atomic E-state index is 12.2. The molecule has 0 radical (unpaired) electrons. The van der Waals surface area contributed by atoms with Gasteiger partial charge in [0.2, 0.25) is 0 Å². The Bertz CT molecular complexity index is 665. The average molecular weight is 386 g/mol. The maximum Gasteiger partial charge on any atom is 0.259 e. The summed E-state index contributed by atoms with van der Waals surface area (Å²) in [5, 5.41) is 7.36. The van der Waals surface area contributed by atoms with Crippen molar-refractivity contribution >= 4 is 49.6 Å². The van der Waals surface area contributed by atoms with Crippen molar-refractivity contribution in [3.8, 4) is 0 Å². The predicted molar refractivity (Wildman–Crippen MR) is 91.3 cm³/mol. The lowest BCUT2D eigenvalue weighted by Crippen LogP contribution is -2.35. The molecule has 0 spiro atoms. The number of rotatable bonds is 3. The Labute approximate surface area is 140 Å². The first kappa shape index (κ1) is 15.1. The Morgan fingerprint density at radius 1 is 1.48 bits per heavy atom. The molecule has 0 aromatic carbocycles. The van der Waals surface area contributed by atoms with Gasteiger partial charge in [-0.1, -0.05) is 0 Å². The molecule has 1 aliphatic rings. The second-order valence-corrected chi connectivity index (χ2v) is 7.97. The van der Waals surface area contributed by atoms with Crippen LogP contribution in [0.4, 0.5) is 5.13 Å². The van der Waals surface area contributed by atoms with Crippen LogP contribution in [-0.2, 0) is 13.0 Å². The standard InChI is InChI=1S/C14H16BrN3OS2/c1-8(2)18-4-3-11-12(5-18)21-14(16-11)17-13(19)9-6-20-7-10(9)15/h6-8H,3-5H2,1-2H3,(H,16,17,19). The van der Waals surface area contributed by atoms with E-state index in [4.69, 9.17) is 0 Å². The predicted octanol–water partition coefficient (Wildman–Crippen LogP) is 3.99. The fourth-order valence-electron chi connectivity index (χ4n) is 2.32. The van der Waals surface area contributed by atoms with E-state index in [0.29, 0.717) is 16.7 Å². The number of hydrogen-bond acceptors (Lipinski definition) is 5. The van der Waals surface area contributed by atoms with E-state index in [1.54, 1.807) is 11.3 Å². The Morgan fingerprint density at radius 2 is 2.29 bits per heavy atom. The molecule has 0 saturated heterocycles. The number of nitrogens with one attached hydrogen (secondary N) is 1. The number of anilines is 1. The summed E-state index contributed by atoms with van der Waals surface area (Å²) in [6.45, 7) is 6.40. The van der Waals surface area contributed by atoms with Crippen LogP contribution in [0.15, 0.2) is 15.2 Å². The molecule has 0 aliphatic carbocycles. The molecule has 0 unspecified atom stereocenters. The molecule has 3 heterocycles. The smallest absolute Gasteiger partial charge is 0.259 e. The van der Waals surface area contributed by atoms with Gasteiger partial charge in [-0.25, -0.2) is 4.98 Å². The molecule has 7 heteroatoms. The largest absolute Gasteiger partial charge is 0.298 e. The van der Waals surface area contributed by atoms with Crippen LogP contribution >= 0.6 is 38.6 Å². The van der Waals surface area contributed by atoms with Gasteiger partial charge in [0.05, 0.1) is 11.3 Å². The van der Waals surface area contributed by atoms with Gasteiger partial charge < -0.3 is 0 Å². The topological polar surface area (TPSA) is 45.2 Å². The number of carbonyl (C=O) groups excluding carboxylic acids is 1. The van der Waals surface area contributed by atoms with Crippen LogP contribution in [0.2, 0.25) is 0 Å². The van der Waals surface area contributed by atoms with E-state index >= 15 is 0 Å². The van der Waals surface area contributed by atoms with Gasteiger partial charge in [-0.05, 0) is 29.8 Å². The summed E-state index contributed by atoms with van der Waals surface area (Å²) in [4.78, 5) is 20.5. The second-order valence-electron chi connectivity index (χ2n) is 5.29. The molecule has 112 valence electrons. The van der Waals surface area contributed by atoms with E-state index in [-0.39, 0.29) is 5.91 Å². The molecule has 2 aromatic rings. The fourth-order valence-corrected chi connectivity index (χ4v) is 4.80. The Hall–Kier alpha value is -0.760. The second kappa shape index (κ2) is 6.16. The maximum absolute atomic E-state index is 12.2. The number of carbonyl (C=O) groups is 1. The zero-order valence-corrected chi connectivity index (χ0v) is 15.1. The highest BCUT2D eigenvalue weighted by molar-refractivity contribution is 9.10. The molecule has 0 saturated carbocycles. The lowest BCUT2D eigenvalue weighted by molar-refractivity contribution is 0.102. The molecular weight excluding hydrogens is 370 g/mol. The first-order valence-electron chi connectivity index (χ1n) is 6.80. The molecule has 1 amide bonds. The summed E-state index contributed by atoms with van der Waals surface area (Å²) in [6.07, 6.45) is 0.960. The van der Waals surface area contributed by atoms with Gasteiger partial charge in [-0.15, -0.1) is 11.3 Å². The summed E-state index contributed by atoms with van der Waals surface area (Å²) < 4.78 is 0.831. The van der Waals surface area contributed by atoms with Crippen molar-refractivity contribution < 1.29 is 4.79 Å². The highest BCUT2D eigenvalue weighted by Gasteiger charge is 2.23. The van der Waals surface area contributed by atoms with Gasteiger partial charge in [-0.3, -0.25) is 15.0 Å². The normalized spacial score (nSPS) is 15.2. The van der Waals surface area contributed by atoms with Crippen LogP contribution in [0, 0.1) is 0 Å². The molecular formula is C14H16BrN3OS2. The fraction of sp³-hybridized carbons (Fsp3) is 0.429. The van der Waals surface area contributed by atoms with Gasteiger partial charge in [0.25, 0.3) is 5.91 Å². The summed E-state index contributed by atoms with van der Waals surface area (Å²) in [5.74, 6) is -0.102. The molecule has 21 heavy (non-hydrogen) atoms. The third-order valence-corrected chi connectivity index (χ3v) is 6.27. The Morgan fingerprint density at radius 3 is 2.95 bits per heavy atom. The number of amides is 1. The van der Waals surface area contributed by atoms with E-state index in [2.05, 4.69) is 45.0 Å². The molecule has 3 rings (SSSR count). The van der Waals surface area contributed by atoms with Crippen LogP contribution in [0.25, 0.3) is 0 Å². The molecule has 1 N–H and O–H groups in total. The average Bonchev–Trinajstić information content (AvgIpc) is 3.02. The first-order chi connectivity index (χ1) is 10.0. The first-order valence-corrected chi connectivity index (χ1v) is 9.35. The zero-order chi connectivity index (χ0) is 15.0. The van der Waals surface area contributed by atoms with E-state index in [1.807, 2.05) is 10.8 Å². The number of hydrogen-bond donors (Lipinski definition) is 1. The van der Waals surface area contributed by atoms with Gasteiger partial charge in [-0.2, -0.15) is 11.3 Å². The number of halogens is 1. The summed E-state index contributed by atoms with van der Waals surface area (Å²) in [7, 11) is 0. The lowest BCUT2D eigenvalue weighted by Gasteiger charge is -2.29. The van der Waals surface area contributed by atoms with Gasteiger partial charge in [0.15, 0.2) is 5.13 Å². The van der Waals surface area contributed by atoms with Crippen molar-refractivity contribution in [3.63, 3.8) is 0 Å². The van der Waals surface area contributed by atoms with Crippen molar-refractivity contribution in [2.45, 2.75) is 32.9 Å². The van der Waals surface area contributed by atoms with E-state index in [0.717, 1.165) is 29.7 Å². The number of thiophene rings is 1. The zero-order valence-electron chi connectivity index (χ0n) is 11.9. The summed E-state index contributed by atoms with van der Waals surface area (Å²) >= 11 is 6.48. The number of nitrogens with zero attached hydrogens (tertiary/aromatic N) is 2. The van der Waals surface area contributed by atoms with E-state index < -0.39 is 0 Å².